The minimum atomic E-state index is 0.472. The van der Waals surface area contributed by atoms with Gasteiger partial charge >= 0.3 is 0 Å². The molecule has 1 aromatic heterocycles. The van der Waals surface area contributed by atoms with Crippen LogP contribution in [-0.4, -0.2) is 9.78 Å². The van der Waals surface area contributed by atoms with Crippen molar-refractivity contribution < 1.29 is 0 Å². The summed E-state index contributed by atoms with van der Waals surface area (Å²) in [5.41, 5.74) is 2.04. The maximum atomic E-state index is 5.87. The normalized spacial score (nSPS) is 10.6. The van der Waals surface area contributed by atoms with Gasteiger partial charge in [-0.3, -0.25) is 0 Å². The second-order valence-corrected chi connectivity index (χ2v) is 5.11. The Labute approximate surface area is 109 Å². The first-order valence-electron chi connectivity index (χ1n) is 4.25. The molecule has 0 N–H and O–H groups in total. The standard InChI is InChI=1S/C10H7Br2ClN2/c11-8-2-1-7(4-13)10(3-8)15-6-9(12)5-14-15/h1-3,5-6H,4H2. The fraction of sp³-hybridized carbons (Fsp3) is 0.100. The molecule has 78 valence electrons. The molecular formula is C10H7Br2ClN2. The molecule has 1 heterocycles. The van der Waals surface area contributed by atoms with E-state index in [0.29, 0.717) is 5.88 Å². The Bertz CT molecular complexity index is 482. The van der Waals surface area contributed by atoms with Crippen LogP contribution >= 0.6 is 43.5 Å². The maximum Gasteiger partial charge on any atom is 0.0701 e. The molecule has 0 radical (unpaired) electrons. The van der Waals surface area contributed by atoms with E-state index in [-0.39, 0.29) is 0 Å². The lowest BCUT2D eigenvalue weighted by Crippen LogP contribution is -1.98. The molecule has 0 unspecified atom stereocenters. The molecular weight excluding hydrogens is 343 g/mol. The summed E-state index contributed by atoms with van der Waals surface area (Å²) in [5, 5.41) is 4.23. The van der Waals surface area contributed by atoms with Gasteiger partial charge in [0, 0.05) is 16.5 Å². The van der Waals surface area contributed by atoms with E-state index in [0.717, 1.165) is 20.2 Å². The predicted octanol–water partition coefficient (Wildman–Crippen LogP) is 4.14. The Morgan fingerprint density at radius 1 is 1.27 bits per heavy atom. The van der Waals surface area contributed by atoms with Gasteiger partial charge in [0.1, 0.15) is 0 Å². The SMILES string of the molecule is ClCc1ccc(Br)cc1-n1cc(Br)cn1. The van der Waals surface area contributed by atoms with Crippen molar-refractivity contribution in [3.63, 3.8) is 0 Å². The number of hydrogen-bond acceptors (Lipinski definition) is 1. The Morgan fingerprint density at radius 2 is 2.07 bits per heavy atom. The summed E-state index contributed by atoms with van der Waals surface area (Å²) < 4.78 is 3.76. The van der Waals surface area contributed by atoms with Crippen molar-refractivity contribution >= 4 is 43.5 Å². The molecule has 2 nitrogen and oxygen atoms in total. The van der Waals surface area contributed by atoms with Gasteiger partial charge in [0.05, 0.1) is 16.4 Å². The molecule has 0 aliphatic heterocycles. The van der Waals surface area contributed by atoms with Crippen molar-refractivity contribution in [2.75, 3.05) is 0 Å². The van der Waals surface area contributed by atoms with Gasteiger partial charge in [0.15, 0.2) is 0 Å². The van der Waals surface area contributed by atoms with E-state index in [9.17, 15) is 0 Å². The molecule has 5 heteroatoms. The molecule has 0 bridgehead atoms. The first kappa shape index (κ1) is 11.2. The van der Waals surface area contributed by atoms with Crippen molar-refractivity contribution in [1.82, 2.24) is 9.78 Å². The van der Waals surface area contributed by atoms with E-state index in [1.54, 1.807) is 10.9 Å². The Morgan fingerprint density at radius 3 is 2.67 bits per heavy atom. The van der Waals surface area contributed by atoms with Crippen LogP contribution < -0.4 is 0 Å². The molecule has 2 aromatic rings. The average molecular weight is 350 g/mol. The molecule has 0 aliphatic carbocycles. The van der Waals surface area contributed by atoms with Gasteiger partial charge in [-0.05, 0) is 33.6 Å². The van der Waals surface area contributed by atoms with Crippen LogP contribution in [0, 0.1) is 0 Å². The minimum Gasteiger partial charge on any atom is -0.239 e. The van der Waals surface area contributed by atoms with Gasteiger partial charge in [-0.25, -0.2) is 4.68 Å². The second kappa shape index (κ2) is 4.68. The second-order valence-electron chi connectivity index (χ2n) is 3.01. The number of rotatable bonds is 2. The molecule has 0 spiro atoms. The van der Waals surface area contributed by atoms with Gasteiger partial charge in [-0.2, -0.15) is 5.10 Å². The van der Waals surface area contributed by atoms with Crippen LogP contribution in [0.1, 0.15) is 5.56 Å². The van der Waals surface area contributed by atoms with Crippen molar-refractivity contribution in [2.24, 2.45) is 0 Å². The summed E-state index contributed by atoms with van der Waals surface area (Å²) in [7, 11) is 0. The van der Waals surface area contributed by atoms with Crippen LogP contribution in [0.25, 0.3) is 5.69 Å². The zero-order chi connectivity index (χ0) is 10.8. The molecule has 15 heavy (non-hydrogen) atoms. The highest BCUT2D eigenvalue weighted by Gasteiger charge is 2.05. The van der Waals surface area contributed by atoms with Crippen molar-refractivity contribution in [2.45, 2.75) is 5.88 Å². The molecule has 0 saturated heterocycles. The fourth-order valence-corrected chi connectivity index (χ4v) is 2.16. The molecule has 0 fully saturated rings. The van der Waals surface area contributed by atoms with Crippen LogP contribution in [0.2, 0.25) is 0 Å². The Hall–Kier alpha value is -0.320. The summed E-state index contributed by atoms with van der Waals surface area (Å²) in [6, 6.07) is 5.96. The zero-order valence-corrected chi connectivity index (χ0v) is 11.6. The lowest BCUT2D eigenvalue weighted by molar-refractivity contribution is 0.870. The van der Waals surface area contributed by atoms with E-state index in [1.165, 1.54) is 0 Å². The quantitative estimate of drug-likeness (QED) is 0.745. The lowest BCUT2D eigenvalue weighted by Gasteiger charge is -2.07. The van der Waals surface area contributed by atoms with Gasteiger partial charge in [-0.1, -0.05) is 22.0 Å². The van der Waals surface area contributed by atoms with Crippen LogP contribution in [0.15, 0.2) is 39.5 Å². The molecule has 0 atom stereocenters. The van der Waals surface area contributed by atoms with Gasteiger partial charge in [0.2, 0.25) is 0 Å². The summed E-state index contributed by atoms with van der Waals surface area (Å²) >= 11 is 12.7. The molecule has 0 aliphatic rings. The van der Waals surface area contributed by atoms with Crippen molar-refractivity contribution in [1.29, 1.82) is 0 Å². The van der Waals surface area contributed by atoms with E-state index < -0.39 is 0 Å². The largest absolute Gasteiger partial charge is 0.239 e. The summed E-state index contributed by atoms with van der Waals surface area (Å²) in [6.07, 6.45) is 3.65. The van der Waals surface area contributed by atoms with Crippen LogP contribution in [0.4, 0.5) is 0 Å². The molecule has 2 rings (SSSR count). The summed E-state index contributed by atoms with van der Waals surface area (Å²) in [4.78, 5) is 0. The van der Waals surface area contributed by atoms with Crippen molar-refractivity contribution in [3.05, 3.63) is 45.1 Å². The third kappa shape index (κ3) is 2.44. The van der Waals surface area contributed by atoms with Gasteiger partial charge in [0.25, 0.3) is 0 Å². The topological polar surface area (TPSA) is 17.8 Å². The average Bonchev–Trinajstić information content (AvgIpc) is 2.65. The third-order valence-electron chi connectivity index (χ3n) is 1.99. The molecule has 0 saturated carbocycles. The summed E-state index contributed by atoms with van der Waals surface area (Å²) in [5.74, 6) is 0.472. The number of nitrogens with zero attached hydrogens (tertiary/aromatic N) is 2. The number of benzene rings is 1. The summed E-state index contributed by atoms with van der Waals surface area (Å²) in [6.45, 7) is 0. The maximum absolute atomic E-state index is 5.87. The smallest absolute Gasteiger partial charge is 0.0701 e. The monoisotopic (exact) mass is 348 g/mol. The fourth-order valence-electron chi connectivity index (χ4n) is 1.30. The Kier molecular flexibility index (Phi) is 3.49. The van der Waals surface area contributed by atoms with Crippen LogP contribution in [0.5, 0.6) is 0 Å². The van der Waals surface area contributed by atoms with E-state index in [4.69, 9.17) is 11.6 Å². The predicted molar refractivity (Wildman–Crippen MR) is 68.5 cm³/mol. The Balaban J connectivity index is 2.55. The highest BCUT2D eigenvalue weighted by molar-refractivity contribution is 9.10. The van der Waals surface area contributed by atoms with Crippen LogP contribution in [-0.2, 0) is 5.88 Å². The van der Waals surface area contributed by atoms with E-state index in [1.807, 2.05) is 24.4 Å². The molecule has 1 aromatic carbocycles. The van der Waals surface area contributed by atoms with E-state index in [2.05, 4.69) is 37.0 Å². The van der Waals surface area contributed by atoms with Gasteiger partial charge < -0.3 is 0 Å². The number of aromatic nitrogens is 2. The minimum absolute atomic E-state index is 0.472. The van der Waals surface area contributed by atoms with Crippen molar-refractivity contribution in [3.8, 4) is 5.69 Å². The number of alkyl halides is 1. The number of halogens is 3. The van der Waals surface area contributed by atoms with E-state index >= 15 is 0 Å². The first-order valence-corrected chi connectivity index (χ1v) is 6.37. The zero-order valence-electron chi connectivity index (χ0n) is 7.62. The van der Waals surface area contributed by atoms with Gasteiger partial charge in [-0.15, -0.1) is 11.6 Å². The molecule has 0 amide bonds. The first-order chi connectivity index (χ1) is 7.20. The third-order valence-corrected chi connectivity index (χ3v) is 3.18. The highest BCUT2D eigenvalue weighted by Crippen LogP contribution is 2.22. The highest BCUT2D eigenvalue weighted by atomic mass is 79.9. The van der Waals surface area contributed by atoms with Crippen LogP contribution in [0.3, 0.4) is 0 Å². The number of hydrogen-bond donors (Lipinski definition) is 0. The lowest BCUT2D eigenvalue weighted by atomic mass is 10.2.